The Morgan fingerprint density at radius 3 is 2.63 bits per heavy atom. The predicted octanol–water partition coefficient (Wildman–Crippen LogP) is 4.23. The molecule has 0 radical (unpaired) electrons. The van der Waals surface area contributed by atoms with Gasteiger partial charge in [0, 0.05) is 0 Å². The fourth-order valence-electron chi connectivity index (χ4n) is 2.36. The van der Waals surface area contributed by atoms with Gasteiger partial charge < -0.3 is 9.47 Å². The highest BCUT2D eigenvalue weighted by atomic mass is 35.5. The van der Waals surface area contributed by atoms with Gasteiger partial charge in [0.25, 0.3) is 5.91 Å². The summed E-state index contributed by atoms with van der Waals surface area (Å²) >= 11 is 5.95. The second kappa shape index (κ2) is 10.2. The highest BCUT2D eigenvalue weighted by Crippen LogP contribution is 2.22. The highest BCUT2D eigenvalue weighted by Gasteiger charge is 2.09. The van der Waals surface area contributed by atoms with Crippen molar-refractivity contribution in [1.82, 2.24) is 5.43 Å². The minimum Gasteiger partial charge on any atom is -0.482 e. The molecule has 0 unspecified atom stereocenters. The summed E-state index contributed by atoms with van der Waals surface area (Å²) in [6, 6.07) is 18.5. The zero-order chi connectivity index (χ0) is 21.3. The van der Waals surface area contributed by atoms with Crippen LogP contribution < -0.4 is 14.9 Å². The molecule has 0 saturated carbocycles. The lowest BCUT2D eigenvalue weighted by Gasteiger charge is -2.06. The molecule has 1 N–H and O–H groups in total. The zero-order valence-corrected chi connectivity index (χ0v) is 16.3. The van der Waals surface area contributed by atoms with Gasteiger partial charge in [0.1, 0.15) is 17.3 Å². The molecule has 3 aromatic carbocycles. The predicted molar refractivity (Wildman–Crippen MR) is 110 cm³/mol. The number of hydrogen-bond acceptors (Lipinski definition) is 5. The molecule has 3 aromatic rings. The van der Waals surface area contributed by atoms with Crippen LogP contribution in [0.3, 0.4) is 0 Å². The number of rotatable bonds is 7. The van der Waals surface area contributed by atoms with E-state index in [-0.39, 0.29) is 17.9 Å². The third kappa shape index (κ3) is 6.15. The van der Waals surface area contributed by atoms with Gasteiger partial charge in [0.2, 0.25) is 0 Å². The van der Waals surface area contributed by atoms with E-state index in [1.165, 1.54) is 24.4 Å². The first-order valence-electron chi connectivity index (χ1n) is 8.78. The molecule has 8 heteroatoms. The van der Waals surface area contributed by atoms with Crippen molar-refractivity contribution in [3.8, 4) is 11.5 Å². The van der Waals surface area contributed by atoms with Gasteiger partial charge in [-0.05, 0) is 48.0 Å². The van der Waals surface area contributed by atoms with E-state index in [2.05, 4.69) is 10.5 Å². The maximum absolute atomic E-state index is 13.2. The van der Waals surface area contributed by atoms with Gasteiger partial charge in [-0.3, -0.25) is 4.79 Å². The van der Waals surface area contributed by atoms with E-state index in [0.717, 1.165) is 6.07 Å². The first-order chi connectivity index (χ1) is 14.5. The summed E-state index contributed by atoms with van der Waals surface area (Å²) < 4.78 is 23.8. The zero-order valence-electron chi connectivity index (χ0n) is 15.5. The summed E-state index contributed by atoms with van der Waals surface area (Å²) in [6.07, 6.45) is 1.38. The minimum absolute atomic E-state index is 0.0971. The Morgan fingerprint density at radius 2 is 1.83 bits per heavy atom. The van der Waals surface area contributed by atoms with E-state index in [9.17, 15) is 14.0 Å². The summed E-state index contributed by atoms with van der Waals surface area (Å²) in [6.45, 7) is -0.258. The van der Waals surface area contributed by atoms with Gasteiger partial charge in [-0.2, -0.15) is 5.10 Å². The Hall–Kier alpha value is -3.71. The number of carbonyl (C=O) groups excluding carboxylic acids is 2. The second-order valence-electron chi connectivity index (χ2n) is 5.98. The molecule has 1 amide bonds. The van der Waals surface area contributed by atoms with E-state index in [4.69, 9.17) is 21.1 Å². The number of nitrogens with zero attached hydrogens (tertiary/aromatic N) is 1. The third-order valence-electron chi connectivity index (χ3n) is 3.73. The van der Waals surface area contributed by atoms with Gasteiger partial charge in [-0.25, -0.2) is 14.6 Å². The van der Waals surface area contributed by atoms with E-state index in [1.807, 2.05) is 0 Å². The van der Waals surface area contributed by atoms with Gasteiger partial charge in [0.15, 0.2) is 6.61 Å². The smallest absolute Gasteiger partial charge is 0.343 e. The standard InChI is InChI=1S/C22H16ClFN2O4/c23-19-9-1-2-10-20(19)29-14-21(27)26-25-13-15-5-3-8-18(11-15)30-22(28)16-6-4-7-17(24)12-16/h1-13H,14H2,(H,26,27). The van der Waals surface area contributed by atoms with Crippen LogP contribution in [-0.4, -0.2) is 24.7 Å². The van der Waals surface area contributed by atoms with Crippen molar-refractivity contribution in [1.29, 1.82) is 0 Å². The van der Waals surface area contributed by atoms with Crippen LogP contribution in [0, 0.1) is 5.82 Å². The SMILES string of the molecule is O=C(COc1ccccc1Cl)NN=Cc1cccc(OC(=O)c2cccc(F)c2)c1. The second-order valence-corrected chi connectivity index (χ2v) is 6.39. The molecule has 30 heavy (non-hydrogen) atoms. The van der Waals surface area contributed by atoms with Crippen molar-refractivity contribution in [3.05, 3.63) is 94.8 Å². The molecule has 0 heterocycles. The van der Waals surface area contributed by atoms with Crippen LogP contribution in [-0.2, 0) is 4.79 Å². The molecular formula is C22H16ClFN2O4. The van der Waals surface area contributed by atoms with Gasteiger partial charge in [-0.1, -0.05) is 41.9 Å². The summed E-state index contributed by atoms with van der Waals surface area (Å²) in [5.74, 6) is -1.04. The Balaban J connectivity index is 1.53. The molecule has 152 valence electrons. The molecule has 0 aromatic heterocycles. The van der Waals surface area contributed by atoms with Crippen LogP contribution in [0.1, 0.15) is 15.9 Å². The number of hydrogen-bond donors (Lipinski definition) is 1. The molecule has 3 rings (SSSR count). The number of nitrogens with one attached hydrogen (secondary N) is 1. The monoisotopic (exact) mass is 426 g/mol. The molecule has 0 aliphatic carbocycles. The number of benzene rings is 3. The van der Waals surface area contributed by atoms with Gasteiger partial charge in [-0.15, -0.1) is 0 Å². The molecule has 0 fully saturated rings. The molecule has 0 aliphatic heterocycles. The van der Waals surface area contributed by atoms with Crippen molar-refractivity contribution >= 4 is 29.7 Å². The Morgan fingerprint density at radius 1 is 1.03 bits per heavy atom. The maximum Gasteiger partial charge on any atom is 0.343 e. The van der Waals surface area contributed by atoms with E-state index < -0.39 is 17.7 Å². The Labute approximate surface area is 176 Å². The number of ether oxygens (including phenoxy) is 2. The quantitative estimate of drug-likeness (QED) is 0.265. The van der Waals surface area contributed by atoms with Crippen LogP contribution in [0.2, 0.25) is 5.02 Å². The Bertz CT molecular complexity index is 1090. The number of halogens is 2. The van der Waals surface area contributed by atoms with Crippen molar-refractivity contribution in [3.63, 3.8) is 0 Å². The number of hydrazone groups is 1. The average molecular weight is 427 g/mol. The van der Waals surface area contributed by atoms with Crippen LogP contribution in [0.15, 0.2) is 77.9 Å². The summed E-state index contributed by atoms with van der Waals surface area (Å²) in [4.78, 5) is 23.9. The largest absolute Gasteiger partial charge is 0.482 e. The average Bonchev–Trinajstić information content (AvgIpc) is 2.73. The molecule has 0 bridgehead atoms. The fraction of sp³-hybridized carbons (Fsp3) is 0.0455. The maximum atomic E-state index is 13.2. The molecule has 6 nitrogen and oxygen atoms in total. The van der Waals surface area contributed by atoms with Crippen LogP contribution in [0.25, 0.3) is 0 Å². The van der Waals surface area contributed by atoms with Crippen LogP contribution >= 0.6 is 11.6 Å². The van der Waals surface area contributed by atoms with Crippen LogP contribution in [0.5, 0.6) is 11.5 Å². The first kappa shape index (κ1) is 21.0. The fourth-order valence-corrected chi connectivity index (χ4v) is 2.55. The lowest BCUT2D eigenvalue weighted by atomic mass is 10.2. The van der Waals surface area contributed by atoms with Crippen molar-refractivity contribution in [2.75, 3.05) is 6.61 Å². The van der Waals surface area contributed by atoms with Crippen molar-refractivity contribution in [2.45, 2.75) is 0 Å². The number of carbonyl (C=O) groups is 2. The lowest BCUT2D eigenvalue weighted by Crippen LogP contribution is -2.24. The molecule has 0 atom stereocenters. The highest BCUT2D eigenvalue weighted by molar-refractivity contribution is 6.32. The third-order valence-corrected chi connectivity index (χ3v) is 4.04. The number of amides is 1. The molecule has 0 saturated heterocycles. The van der Waals surface area contributed by atoms with Gasteiger partial charge >= 0.3 is 5.97 Å². The van der Waals surface area contributed by atoms with Crippen LogP contribution in [0.4, 0.5) is 4.39 Å². The summed E-state index contributed by atoms with van der Waals surface area (Å²) in [7, 11) is 0. The molecular weight excluding hydrogens is 411 g/mol. The van der Waals surface area contributed by atoms with E-state index in [1.54, 1.807) is 48.5 Å². The number of esters is 1. The normalized spacial score (nSPS) is 10.6. The Kier molecular flexibility index (Phi) is 7.13. The summed E-state index contributed by atoms with van der Waals surface area (Å²) in [5.41, 5.74) is 3.00. The van der Waals surface area contributed by atoms with Crippen molar-refractivity contribution in [2.24, 2.45) is 5.10 Å². The topological polar surface area (TPSA) is 77.0 Å². The lowest BCUT2D eigenvalue weighted by molar-refractivity contribution is -0.123. The summed E-state index contributed by atoms with van der Waals surface area (Å²) in [5, 5.41) is 4.24. The van der Waals surface area contributed by atoms with Crippen molar-refractivity contribution < 1.29 is 23.5 Å². The number of para-hydroxylation sites is 1. The van der Waals surface area contributed by atoms with E-state index in [0.29, 0.717) is 16.3 Å². The van der Waals surface area contributed by atoms with Gasteiger partial charge in [0.05, 0.1) is 16.8 Å². The van der Waals surface area contributed by atoms with E-state index >= 15 is 0 Å². The molecule has 0 aliphatic rings. The molecule has 0 spiro atoms. The minimum atomic E-state index is -0.686. The first-order valence-corrected chi connectivity index (χ1v) is 9.16.